The van der Waals surface area contributed by atoms with Gasteiger partial charge in [-0.15, -0.1) is 0 Å². The molecular weight excluding hydrogens is 666 g/mol. The van der Waals surface area contributed by atoms with E-state index >= 15 is 4.39 Å². The fraction of sp³-hybridized carbons (Fsp3) is 0.316. The molecule has 4 aromatic rings. The molecule has 0 saturated carbocycles. The fourth-order valence-electron chi connectivity index (χ4n) is 8.14. The Labute approximate surface area is 295 Å². The Hall–Kier alpha value is -4.15. The summed E-state index contributed by atoms with van der Waals surface area (Å²) >= 11 is 12.8. The molecule has 8 nitrogen and oxygen atoms in total. The van der Waals surface area contributed by atoms with Crippen LogP contribution in [0.2, 0.25) is 10.0 Å². The molecule has 256 valence electrons. The number of carbonyl (C=O) groups is 2. The van der Waals surface area contributed by atoms with Crippen molar-refractivity contribution in [3.63, 3.8) is 0 Å². The number of esters is 1. The number of methoxy groups -OCH3 is 1. The normalized spacial score (nSPS) is 23.9. The molecule has 49 heavy (non-hydrogen) atoms. The standard InChI is InChI=1S/C37H35Cl2FN4O4.CH4/c1-4-48-22-8-5-7-20(14-22)18-44-31-17-29(25-13-19(2)24(16-28(25)41)35(45)47-3)42-34(31)32(23-9-6-10-27(39)33(23)40)37(44)26-12-11-21(38)15-30(26)43-36(37)46;/h5-16,29,31-32,34,42H,4,17-18,41H2,1-3H3,(H,43,46);1H4/t29?,31-,32-,34+,37+;/m0./s1. The maximum Gasteiger partial charge on any atom is 0.338 e. The van der Waals surface area contributed by atoms with Gasteiger partial charge in [0, 0.05) is 52.5 Å². The van der Waals surface area contributed by atoms with Crippen LogP contribution in [-0.2, 0) is 21.6 Å². The molecule has 1 unspecified atom stereocenters. The minimum Gasteiger partial charge on any atom is -0.494 e. The minimum atomic E-state index is -1.32. The molecule has 5 atom stereocenters. The number of rotatable bonds is 7. The van der Waals surface area contributed by atoms with Crippen LogP contribution in [0.25, 0.3) is 0 Å². The Kier molecular flexibility index (Phi) is 9.41. The van der Waals surface area contributed by atoms with Crippen LogP contribution in [0, 0.1) is 12.7 Å². The number of likely N-dealkylation sites (tertiary alicyclic amines) is 1. The zero-order chi connectivity index (χ0) is 33.9. The predicted molar refractivity (Wildman–Crippen MR) is 191 cm³/mol. The van der Waals surface area contributed by atoms with Crippen molar-refractivity contribution in [1.29, 1.82) is 0 Å². The highest BCUT2D eigenvalue weighted by molar-refractivity contribution is 6.31. The first-order valence-electron chi connectivity index (χ1n) is 15.9. The molecule has 0 aliphatic carbocycles. The van der Waals surface area contributed by atoms with Crippen LogP contribution in [0.5, 0.6) is 5.75 Å². The number of halogens is 3. The summed E-state index contributed by atoms with van der Waals surface area (Å²) in [6, 6.07) is 20.7. The summed E-state index contributed by atoms with van der Waals surface area (Å²) in [6.45, 7) is 4.64. The van der Waals surface area contributed by atoms with Gasteiger partial charge in [0.15, 0.2) is 0 Å². The molecule has 0 bridgehead atoms. The number of hydrogen-bond acceptors (Lipinski definition) is 7. The summed E-state index contributed by atoms with van der Waals surface area (Å²) in [5.41, 5.74) is 10.2. The van der Waals surface area contributed by atoms with Crippen molar-refractivity contribution in [3.05, 3.63) is 122 Å². The van der Waals surface area contributed by atoms with Crippen LogP contribution >= 0.6 is 23.2 Å². The molecule has 0 aromatic heterocycles. The first kappa shape index (κ1) is 34.7. The highest BCUT2D eigenvalue weighted by Gasteiger charge is 2.69. The van der Waals surface area contributed by atoms with Crippen molar-refractivity contribution in [2.75, 3.05) is 24.8 Å². The van der Waals surface area contributed by atoms with Crippen molar-refractivity contribution in [2.24, 2.45) is 0 Å². The number of nitrogen functional groups attached to an aromatic ring is 1. The molecule has 11 heteroatoms. The molecule has 3 aliphatic heterocycles. The highest BCUT2D eigenvalue weighted by atomic mass is 35.5. The molecule has 3 aliphatic rings. The minimum absolute atomic E-state index is 0. The van der Waals surface area contributed by atoms with Gasteiger partial charge in [0.1, 0.15) is 17.1 Å². The SMILES string of the molecule is C.CCOc1cccc(CN2[C@H]3CC(c4cc(C)c(C(=O)OC)cc4N)N[C@H]3[C@H](c3cccc(Cl)c3F)[C@]23C(=O)Nc2cc(Cl)ccc23)c1. The number of nitrogens with zero attached hydrogens (tertiary/aromatic N) is 1. The molecule has 2 saturated heterocycles. The Balaban J connectivity index is 0.00000417. The smallest absolute Gasteiger partial charge is 0.338 e. The largest absolute Gasteiger partial charge is 0.494 e. The summed E-state index contributed by atoms with van der Waals surface area (Å²) < 4.78 is 27.1. The molecule has 1 spiro atoms. The van der Waals surface area contributed by atoms with E-state index in [2.05, 4.69) is 15.5 Å². The van der Waals surface area contributed by atoms with E-state index in [4.69, 9.17) is 38.4 Å². The number of amides is 1. The lowest BCUT2D eigenvalue weighted by Gasteiger charge is -2.41. The first-order valence-corrected chi connectivity index (χ1v) is 16.6. The second-order valence-corrected chi connectivity index (χ2v) is 13.4. The highest BCUT2D eigenvalue weighted by Crippen LogP contribution is 2.61. The number of ether oxygens (including phenoxy) is 2. The van der Waals surface area contributed by atoms with E-state index in [0.29, 0.717) is 52.7 Å². The third kappa shape index (κ3) is 5.53. The van der Waals surface area contributed by atoms with E-state index < -0.39 is 29.3 Å². The van der Waals surface area contributed by atoms with Gasteiger partial charge in [-0.3, -0.25) is 9.69 Å². The molecule has 2 fully saturated rings. The number of fused-ring (bicyclic) bond motifs is 3. The second kappa shape index (κ2) is 13.3. The lowest BCUT2D eigenvalue weighted by molar-refractivity contribution is -0.128. The average molecular weight is 706 g/mol. The number of nitrogens with two attached hydrogens (primary N) is 1. The molecule has 3 heterocycles. The van der Waals surface area contributed by atoms with Crippen LogP contribution in [0.4, 0.5) is 15.8 Å². The summed E-state index contributed by atoms with van der Waals surface area (Å²) in [4.78, 5) is 29.3. The molecule has 4 aromatic carbocycles. The maximum absolute atomic E-state index is 16.3. The average Bonchev–Trinajstić information content (AvgIpc) is 3.69. The van der Waals surface area contributed by atoms with Gasteiger partial charge < -0.3 is 25.8 Å². The van der Waals surface area contributed by atoms with E-state index in [9.17, 15) is 9.59 Å². The number of anilines is 2. The van der Waals surface area contributed by atoms with Crippen molar-refractivity contribution in [2.45, 2.75) is 63.8 Å². The van der Waals surface area contributed by atoms with E-state index in [0.717, 1.165) is 22.4 Å². The Morgan fingerprint density at radius 1 is 1.08 bits per heavy atom. The van der Waals surface area contributed by atoms with Crippen LogP contribution in [0.15, 0.2) is 72.8 Å². The van der Waals surface area contributed by atoms with E-state index in [1.165, 1.54) is 13.2 Å². The Bertz CT molecular complexity index is 1960. The van der Waals surface area contributed by atoms with E-state index in [1.807, 2.05) is 50.2 Å². The molecular formula is C38H39Cl2FN4O4. The van der Waals surface area contributed by atoms with E-state index in [1.54, 1.807) is 30.3 Å². The van der Waals surface area contributed by atoms with Crippen LogP contribution in [0.3, 0.4) is 0 Å². The molecule has 4 N–H and O–H groups in total. The number of carbonyl (C=O) groups excluding carboxylic acids is 2. The van der Waals surface area contributed by atoms with Crippen molar-refractivity contribution < 1.29 is 23.5 Å². The zero-order valence-electron chi connectivity index (χ0n) is 26.7. The number of nitrogens with one attached hydrogen (secondary N) is 2. The fourth-order valence-corrected chi connectivity index (χ4v) is 8.49. The van der Waals surface area contributed by atoms with Gasteiger partial charge in [-0.25, -0.2) is 9.18 Å². The quantitative estimate of drug-likeness (QED) is 0.133. The Morgan fingerprint density at radius 2 is 1.86 bits per heavy atom. The maximum atomic E-state index is 16.3. The predicted octanol–water partition coefficient (Wildman–Crippen LogP) is 7.76. The first-order chi connectivity index (χ1) is 23.1. The lowest BCUT2D eigenvalue weighted by Crippen LogP contribution is -2.52. The number of aryl methyl sites for hydroxylation is 1. The van der Waals surface area contributed by atoms with Gasteiger partial charge in [-0.05, 0) is 78.9 Å². The van der Waals surface area contributed by atoms with Crippen LogP contribution in [0.1, 0.15) is 70.9 Å². The van der Waals surface area contributed by atoms with Crippen LogP contribution < -0.4 is 21.1 Å². The monoisotopic (exact) mass is 704 g/mol. The summed E-state index contributed by atoms with van der Waals surface area (Å²) in [5.74, 6) is -1.29. The summed E-state index contributed by atoms with van der Waals surface area (Å²) in [6.07, 6.45) is 0.549. The van der Waals surface area contributed by atoms with Gasteiger partial charge >= 0.3 is 5.97 Å². The molecule has 7 rings (SSSR count). The third-order valence-electron chi connectivity index (χ3n) is 10.0. The van der Waals surface area contributed by atoms with Crippen LogP contribution in [-0.4, -0.2) is 42.6 Å². The topological polar surface area (TPSA) is 106 Å². The lowest BCUT2D eigenvalue weighted by atomic mass is 9.73. The third-order valence-corrected chi connectivity index (χ3v) is 10.6. The summed E-state index contributed by atoms with van der Waals surface area (Å²) in [7, 11) is 1.33. The molecule has 0 radical (unpaired) electrons. The van der Waals surface area contributed by atoms with Gasteiger partial charge in [-0.2, -0.15) is 0 Å². The molecule has 1 amide bonds. The Morgan fingerprint density at radius 3 is 2.61 bits per heavy atom. The second-order valence-electron chi connectivity index (χ2n) is 12.6. The van der Waals surface area contributed by atoms with Crippen molar-refractivity contribution >= 4 is 46.5 Å². The van der Waals surface area contributed by atoms with Gasteiger partial charge in [0.05, 0.1) is 24.3 Å². The van der Waals surface area contributed by atoms with Gasteiger partial charge in [-0.1, -0.05) is 67.0 Å². The van der Waals surface area contributed by atoms with Gasteiger partial charge in [0.25, 0.3) is 0 Å². The number of hydrogen-bond donors (Lipinski definition) is 3. The van der Waals surface area contributed by atoms with Crippen molar-refractivity contribution in [3.8, 4) is 5.75 Å². The van der Waals surface area contributed by atoms with E-state index in [-0.39, 0.29) is 30.4 Å². The summed E-state index contributed by atoms with van der Waals surface area (Å²) in [5, 5.41) is 7.32. The van der Waals surface area contributed by atoms with Gasteiger partial charge in [0.2, 0.25) is 5.91 Å². The zero-order valence-corrected chi connectivity index (χ0v) is 28.2. The number of benzene rings is 4. The van der Waals surface area contributed by atoms with Crippen molar-refractivity contribution in [1.82, 2.24) is 10.2 Å².